The van der Waals surface area contributed by atoms with E-state index in [1.54, 1.807) is 18.2 Å². The summed E-state index contributed by atoms with van der Waals surface area (Å²) in [6.07, 6.45) is 6.74. The lowest BCUT2D eigenvalue weighted by Gasteiger charge is -2.33. The fourth-order valence-electron chi connectivity index (χ4n) is 2.85. The number of hydrogen-bond donors (Lipinski definition) is 1. The highest BCUT2D eigenvalue weighted by Gasteiger charge is 2.55. The molecule has 6 heteroatoms. The standard InChI is InChI=1S/C15H24O6/c1-18-10-6-5-7-12(16)11-8-9-15(20-3,21-4)13(11)14(17)19-2/h5-7,10-13,16H,8-9H2,1-4H3/b7-5+,10-6-/t11-,12?,13+/m1/s1. The fourth-order valence-corrected chi connectivity index (χ4v) is 2.85. The monoisotopic (exact) mass is 300 g/mol. The molecule has 6 nitrogen and oxygen atoms in total. The second-order valence-electron chi connectivity index (χ2n) is 4.86. The molecule has 0 heterocycles. The normalized spacial score (nSPS) is 26.3. The molecule has 0 amide bonds. The van der Waals surface area contributed by atoms with E-state index in [1.165, 1.54) is 34.7 Å². The number of rotatable bonds is 7. The van der Waals surface area contributed by atoms with Crippen molar-refractivity contribution in [1.29, 1.82) is 0 Å². The van der Waals surface area contributed by atoms with Crippen molar-refractivity contribution < 1.29 is 28.8 Å². The molecule has 0 radical (unpaired) electrons. The highest BCUT2D eigenvalue weighted by atomic mass is 16.7. The van der Waals surface area contributed by atoms with Gasteiger partial charge < -0.3 is 24.1 Å². The summed E-state index contributed by atoms with van der Waals surface area (Å²) in [4.78, 5) is 12.1. The molecular weight excluding hydrogens is 276 g/mol. The number of hydrogen-bond acceptors (Lipinski definition) is 6. The molecular formula is C15H24O6. The first-order chi connectivity index (χ1) is 10.1. The summed E-state index contributed by atoms with van der Waals surface area (Å²) < 4.78 is 20.4. The molecule has 1 fully saturated rings. The molecule has 0 saturated heterocycles. The van der Waals surface area contributed by atoms with Gasteiger partial charge in [0.1, 0.15) is 5.92 Å². The van der Waals surface area contributed by atoms with Crippen LogP contribution in [0, 0.1) is 11.8 Å². The van der Waals surface area contributed by atoms with Crippen molar-refractivity contribution in [3.63, 3.8) is 0 Å². The van der Waals surface area contributed by atoms with E-state index in [0.717, 1.165) is 0 Å². The molecule has 1 aliphatic carbocycles. The zero-order valence-corrected chi connectivity index (χ0v) is 12.9. The van der Waals surface area contributed by atoms with Gasteiger partial charge in [-0.15, -0.1) is 0 Å². The van der Waals surface area contributed by atoms with E-state index in [0.29, 0.717) is 12.8 Å². The molecule has 21 heavy (non-hydrogen) atoms. The molecule has 0 aliphatic heterocycles. The maximum atomic E-state index is 12.1. The average Bonchev–Trinajstić information content (AvgIpc) is 2.90. The Morgan fingerprint density at radius 1 is 1.24 bits per heavy atom. The molecule has 1 unspecified atom stereocenters. The van der Waals surface area contributed by atoms with Crippen LogP contribution in [0.3, 0.4) is 0 Å². The van der Waals surface area contributed by atoms with Gasteiger partial charge in [-0.3, -0.25) is 4.79 Å². The van der Waals surface area contributed by atoms with Crippen LogP contribution >= 0.6 is 0 Å². The second kappa shape index (κ2) is 8.17. The number of carbonyl (C=O) groups is 1. The molecule has 0 aromatic carbocycles. The third-order valence-electron chi connectivity index (χ3n) is 3.95. The van der Waals surface area contributed by atoms with Crippen molar-refractivity contribution in [3.8, 4) is 0 Å². The van der Waals surface area contributed by atoms with Crippen LogP contribution in [0.4, 0.5) is 0 Å². The molecule has 1 N–H and O–H groups in total. The number of esters is 1. The lowest BCUT2D eigenvalue weighted by Crippen LogP contribution is -2.46. The Hall–Kier alpha value is -1.37. The molecule has 0 bridgehead atoms. The van der Waals surface area contributed by atoms with Crippen LogP contribution < -0.4 is 0 Å². The van der Waals surface area contributed by atoms with E-state index in [1.807, 2.05) is 0 Å². The lowest BCUT2D eigenvalue weighted by molar-refractivity contribution is -0.237. The first-order valence-electron chi connectivity index (χ1n) is 6.78. The van der Waals surface area contributed by atoms with Crippen molar-refractivity contribution in [1.82, 2.24) is 0 Å². The minimum atomic E-state index is -1.05. The number of ether oxygens (including phenoxy) is 4. The van der Waals surface area contributed by atoms with Gasteiger partial charge in [-0.25, -0.2) is 0 Å². The average molecular weight is 300 g/mol. The molecule has 1 saturated carbocycles. The van der Waals surface area contributed by atoms with Gasteiger partial charge in [-0.2, -0.15) is 0 Å². The van der Waals surface area contributed by atoms with Gasteiger partial charge in [0.2, 0.25) is 0 Å². The Kier molecular flexibility index (Phi) is 6.87. The maximum Gasteiger partial charge on any atom is 0.314 e. The zero-order valence-electron chi connectivity index (χ0n) is 12.9. The van der Waals surface area contributed by atoms with Crippen LogP contribution in [0.1, 0.15) is 12.8 Å². The van der Waals surface area contributed by atoms with E-state index >= 15 is 0 Å². The Balaban J connectivity index is 2.92. The summed E-state index contributed by atoms with van der Waals surface area (Å²) in [5.74, 6) is -2.50. The highest BCUT2D eigenvalue weighted by molar-refractivity contribution is 5.74. The van der Waals surface area contributed by atoms with E-state index in [-0.39, 0.29) is 5.92 Å². The van der Waals surface area contributed by atoms with Crippen LogP contribution in [-0.2, 0) is 23.7 Å². The topological polar surface area (TPSA) is 74.2 Å². The Morgan fingerprint density at radius 3 is 2.43 bits per heavy atom. The smallest absolute Gasteiger partial charge is 0.314 e. The van der Waals surface area contributed by atoms with Crippen LogP contribution in [0.5, 0.6) is 0 Å². The van der Waals surface area contributed by atoms with Crippen LogP contribution in [0.15, 0.2) is 24.5 Å². The number of carbonyl (C=O) groups excluding carboxylic acids is 1. The van der Waals surface area contributed by atoms with Crippen molar-refractivity contribution in [3.05, 3.63) is 24.5 Å². The summed E-state index contributed by atoms with van der Waals surface area (Å²) in [5.41, 5.74) is 0. The van der Waals surface area contributed by atoms with Gasteiger partial charge in [0.15, 0.2) is 5.79 Å². The summed E-state index contributed by atoms with van der Waals surface area (Å²) in [6.45, 7) is 0. The van der Waals surface area contributed by atoms with Crippen molar-refractivity contribution in [2.24, 2.45) is 11.8 Å². The first kappa shape index (κ1) is 17.7. The van der Waals surface area contributed by atoms with Crippen LogP contribution in [-0.4, -0.2) is 51.4 Å². The minimum absolute atomic E-state index is 0.329. The minimum Gasteiger partial charge on any atom is -0.504 e. The van der Waals surface area contributed by atoms with Gasteiger partial charge >= 0.3 is 5.97 Å². The predicted molar refractivity (Wildman–Crippen MR) is 76.3 cm³/mol. The summed E-state index contributed by atoms with van der Waals surface area (Å²) >= 11 is 0. The number of allylic oxidation sites excluding steroid dienone is 2. The fraction of sp³-hybridized carbons (Fsp3) is 0.667. The third kappa shape index (κ3) is 3.84. The number of methoxy groups -OCH3 is 4. The van der Waals surface area contributed by atoms with Crippen molar-refractivity contribution >= 4 is 5.97 Å². The Labute approximate surface area is 125 Å². The van der Waals surface area contributed by atoms with Crippen molar-refractivity contribution in [2.75, 3.05) is 28.4 Å². The van der Waals surface area contributed by atoms with Gasteiger partial charge in [-0.05, 0) is 12.5 Å². The summed E-state index contributed by atoms with van der Waals surface area (Å²) in [6, 6.07) is 0. The zero-order chi connectivity index (χ0) is 15.9. The number of aliphatic hydroxyl groups is 1. The molecule has 3 atom stereocenters. The predicted octanol–water partition coefficient (Wildman–Crippen LogP) is 1.25. The van der Waals surface area contributed by atoms with E-state index < -0.39 is 23.8 Å². The SMILES string of the molecule is CO/C=C\C=C\C(O)[C@H]1CCC(OC)(OC)[C@@H]1C(=O)OC. The van der Waals surface area contributed by atoms with Crippen LogP contribution in [0.2, 0.25) is 0 Å². The first-order valence-corrected chi connectivity index (χ1v) is 6.78. The lowest BCUT2D eigenvalue weighted by atomic mass is 9.88. The molecule has 0 aromatic heterocycles. The molecule has 0 aromatic rings. The Morgan fingerprint density at radius 2 is 1.90 bits per heavy atom. The summed E-state index contributed by atoms with van der Waals surface area (Å²) in [7, 11) is 5.84. The maximum absolute atomic E-state index is 12.1. The van der Waals surface area contributed by atoms with Gasteiger partial charge in [0, 0.05) is 26.6 Å². The quantitative estimate of drug-likeness (QED) is 0.330. The largest absolute Gasteiger partial charge is 0.504 e. The molecule has 1 aliphatic rings. The third-order valence-corrected chi connectivity index (χ3v) is 3.95. The molecule has 0 spiro atoms. The second-order valence-corrected chi connectivity index (χ2v) is 4.86. The summed E-state index contributed by atoms with van der Waals surface area (Å²) in [5, 5.41) is 10.3. The van der Waals surface area contributed by atoms with E-state index in [9.17, 15) is 9.90 Å². The Bertz CT molecular complexity index is 386. The van der Waals surface area contributed by atoms with Gasteiger partial charge in [0.25, 0.3) is 0 Å². The number of aliphatic hydroxyl groups excluding tert-OH is 1. The van der Waals surface area contributed by atoms with Crippen molar-refractivity contribution in [2.45, 2.75) is 24.7 Å². The van der Waals surface area contributed by atoms with Gasteiger partial charge in [-0.1, -0.05) is 12.2 Å². The molecule has 1 rings (SSSR count). The molecule has 120 valence electrons. The van der Waals surface area contributed by atoms with Gasteiger partial charge in [0.05, 0.1) is 26.6 Å². The highest BCUT2D eigenvalue weighted by Crippen LogP contribution is 2.45. The van der Waals surface area contributed by atoms with E-state index in [2.05, 4.69) is 0 Å². The van der Waals surface area contributed by atoms with Crippen LogP contribution in [0.25, 0.3) is 0 Å². The van der Waals surface area contributed by atoms with E-state index in [4.69, 9.17) is 18.9 Å².